The lowest BCUT2D eigenvalue weighted by molar-refractivity contribution is -0.137. The predicted octanol–water partition coefficient (Wildman–Crippen LogP) is 3.73. The summed E-state index contributed by atoms with van der Waals surface area (Å²) in [7, 11) is -1.90. The molecule has 238 valence electrons. The zero-order valence-electron chi connectivity index (χ0n) is 26.3. The number of fused-ring (bicyclic) bond motifs is 2. The normalized spacial score (nSPS) is 15.1. The Labute approximate surface area is 262 Å². The van der Waals surface area contributed by atoms with Gasteiger partial charge in [-0.05, 0) is 63.6 Å². The van der Waals surface area contributed by atoms with Crippen molar-refractivity contribution in [2.24, 2.45) is 5.41 Å². The number of rotatable bonds is 10. The summed E-state index contributed by atoms with van der Waals surface area (Å²) in [4.78, 5) is 49.4. The number of nitrogens with zero attached hydrogens (tertiary/aromatic N) is 5. The highest BCUT2D eigenvalue weighted by Gasteiger charge is 2.45. The first-order valence-corrected chi connectivity index (χ1v) is 16.6. The first-order valence-electron chi connectivity index (χ1n) is 14.7. The van der Waals surface area contributed by atoms with Crippen LogP contribution >= 0.6 is 0 Å². The molecule has 0 unspecified atom stereocenters. The molecule has 1 aliphatic rings. The molecule has 0 saturated carbocycles. The maximum absolute atomic E-state index is 13.4. The van der Waals surface area contributed by atoms with Crippen molar-refractivity contribution >= 4 is 50.0 Å². The van der Waals surface area contributed by atoms with Gasteiger partial charge >= 0.3 is 0 Å². The number of hydrogen-bond acceptors (Lipinski definition) is 8. The number of carbonyl (C=O) groups is 2. The van der Waals surface area contributed by atoms with Gasteiger partial charge in [-0.1, -0.05) is 12.1 Å². The lowest BCUT2D eigenvalue weighted by Crippen LogP contribution is -2.47. The third-order valence-corrected chi connectivity index (χ3v) is 8.60. The third kappa shape index (κ3) is 6.50. The maximum atomic E-state index is 13.4. The van der Waals surface area contributed by atoms with Crippen LogP contribution in [0.5, 0.6) is 0 Å². The molecule has 1 aromatic carbocycles. The van der Waals surface area contributed by atoms with E-state index in [-0.39, 0.29) is 23.2 Å². The van der Waals surface area contributed by atoms with E-state index in [1.54, 1.807) is 67.7 Å². The number of anilines is 3. The van der Waals surface area contributed by atoms with E-state index in [1.165, 1.54) is 11.1 Å². The Morgan fingerprint density at radius 3 is 2.49 bits per heavy atom. The SMILES string of the molecule is CCN1C(=O)C(C)(C)C(=O)N(C)c2cc(CN(CCn3ccc4oc(C)cc4c3=O)Cc3cccnc3NS(C)(=O)=O)ccc21. The van der Waals surface area contributed by atoms with Gasteiger partial charge in [0.25, 0.3) is 5.56 Å². The predicted molar refractivity (Wildman–Crippen MR) is 174 cm³/mol. The van der Waals surface area contributed by atoms with Crippen molar-refractivity contribution in [3.05, 3.63) is 82.1 Å². The van der Waals surface area contributed by atoms with Crippen molar-refractivity contribution < 1.29 is 22.4 Å². The van der Waals surface area contributed by atoms with Crippen LogP contribution in [0.3, 0.4) is 0 Å². The number of amides is 2. The summed E-state index contributed by atoms with van der Waals surface area (Å²) >= 11 is 0. The number of hydrogen-bond donors (Lipinski definition) is 1. The minimum absolute atomic E-state index is 0.165. The number of nitrogens with one attached hydrogen (secondary N) is 1. The number of aryl methyl sites for hydroxylation is 1. The zero-order chi connectivity index (χ0) is 32.7. The van der Waals surface area contributed by atoms with Gasteiger partial charge in [0.1, 0.15) is 22.6 Å². The van der Waals surface area contributed by atoms with Gasteiger partial charge in [0.15, 0.2) is 0 Å². The fraction of sp³-hybridized carbons (Fsp3) is 0.375. The minimum atomic E-state index is -3.58. The maximum Gasteiger partial charge on any atom is 0.261 e. The zero-order valence-corrected chi connectivity index (χ0v) is 27.1. The number of carbonyl (C=O) groups excluding carboxylic acids is 2. The molecule has 2 amide bonds. The van der Waals surface area contributed by atoms with Crippen LogP contribution in [0.15, 0.2) is 64.1 Å². The lowest BCUT2D eigenvalue weighted by atomic mass is 9.90. The Hall–Kier alpha value is -4.49. The molecule has 0 radical (unpaired) electrons. The molecule has 3 aromatic heterocycles. The van der Waals surface area contributed by atoms with Crippen LogP contribution in [0.4, 0.5) is 17.2 Å². The van der Waals surface area contributed by atoms with E-state index in [1.807, 2.05) is 25.1 Å². The summed E-state index contributed by atoms with van der Waals surface area (Å²) in [6.45, 7) is 8.86. The molecule has 0 fully saturated rings. The van der Waals surface area contributed by atoms with Gasteiger partial charge in [0.05, 0.1) is 23.0 Å². The largest absolute Gasteiger partial charge is 0.461 e. The highest BCUT2D eigenvalue weighted by molar-refractivity contribution is 7.92. The monoisotopic (exact) mass is 634 g/mol. The number of benzene rings is 1. The second-order valence-electron chi connectivity index (χ2n) is 11.9. The van der Waals surface area contributed by atoms with E-state index < -0.39 is 15.4 Å². The molecule has 1 N–H and O–H groups in total. The van der Waals surface area contributed by atoms with Crippen LogP contribution in [0, 0.1) is 12.3 Å². The van der Waals surface area contributed by atoms with Crippen molar-refractivity contribution in [2.45, 2.75) is 47.3 Å². The van der Waals surface area contributed by atoms with E-state index in [4.69, 9.17) is 4.42 Å². The lowest BCUT2D eigenvalue weighted by Gasteiger charge is -2.27. The smallest absolute Gasteiger partial charge is 0.261 e. The summed E-state index contributed by atoms with van der Waals surface area (Å²) in [5.74, 6) is 0.328. The van der Waals surface area contributed by atoms with Crippen LogP contribution in [0.1, 0.15) is 37.7 Å². The standard InChI is InChI=1S/C32H38N6O6S/c1-7-38-25-11-10-22(18-26(25)35(5)30(40)32(3,4)31(38)41)19-36(20-23-9-8-13-33-28(23)34-45(6,42)43)15-16-37-14-12-27-24(29(37)39)17-21(2)44-27/h8-14,17-18H,7,15-16,19-20H2,1-6H3,(H,33,34). The van der Waals surface area contributed by atoms with Crippen LogP contribution in [0.25, 0.3) is 11.0 Å². The summed E-state index contributed by atoms with van der Waals surface area (Å²) < 4.78 is 33.8. The molecule has 4 aromatic rings. The molecule has 0 aliphatic carbocycles. The summed E-state index contributed by atoms with van der Waals surface area (Å²) in [6.07, 6.45) is 4.29. The van der Waals surface area contributed by atoms with Crippen molar-refractivity contribution in [1.29, 1.82) is 0 Å². The quantitative estimate of drug-likeness (QED) is 0.261. The van der Waals surface area contributed by atoms with Crippen LogP contribution in [-0.2, 0) is 39.2 Å². The summed E-state index contributed by atoms with van der Waals surface area (Å²) in [5, 5.41) is 0.504. The number of aromatic nitrogens is 2. The first kappa shape index (κ1) is 31.9. The average Bonchev–Trinajstić information content (AvgIpc) is 3.36. The van der Waals surface area contributed by atoms with Crippen molar-refractivity contribution in [3.63, 3.8) is 0 Å². The molecule has 4 heterocycles. The molecule has 0 bridgehead atoms. The van der Waals surface area contributed by atoms with Gasteiger partial charge in [-0.15, -0.1) is 0 Å². The number of pyridine rings is 2. The van der Waals surface area contributed by atoms with Gasteiger partial charge in [-0.25, -0.2) is 13.4 Å². The fourth-order valence-electron chi connectivity index (χ4n) is 5.72. The Balaban J connectivity index is 1.50. The Morgan fingerprint density at radius 1 is 1.02 bits per heavy atom. The Bertz CT molecular complexity index is 1950. The number of furan rings is 1. The number of sulfonamides is 1. The van der Waals surface area contributed by atoms with Crippen molar-refractivity contribution in [3.8, 4) is 0 Å². The Morgan fingerprint density at radius 2 is 1.78 bits per heavy atom. The van der Waals surface area contributed by atoms with Crippen LogP contribution in [0.2, 0.25) is 0 Å². The molecule has 0 saturated heterocycles. The molecule has 0 spiro atoms. The minimum Gasteiger partial charge on any atom is -0.461 e. The second kappa shape index (κ2) is 12.1. The topological polar surface area (TPSA) is 138 Å². The van der Waals surface area contributed by atoms with Gasteiger partial charge in [-0.3, -0.25) is 24.0 Å². The van der Waals surface area contributed by atoms with E-state index in [9.17, 15) is 22.8 Å². The van der Waals surface area contributed by atoms with Gasteiger partial charge in [-0.2, -0.15) is 0 Å². The summed E-state index contributed by atoms with van der Waals surface area (Å²) in [6, 6.07) is 12.7. The molecule has 1 aliphatic heterocycles. The van der Waals surface area contributed by atoms with Crippen LogP contribution < -0.4 is 20.1 Å². The third-order valence-electron chi connectivity index (χ3n) is 8.04. The highest BCUT2D eigenvalue weighted by Crippen LogP contribution is 2.39. The summed E-state index contributed by atoms with van der Waals surface area (Å²) in [5.41, 5.74) is 1.94. The fourth-order valence-corrected chi connectivity index (χ4v) is 6.26. The van der Waals surface area contributed by atoms with E-state index in [0.29, 0.717) is 66.4 Å². The average molecular weight is 635 g/mol. The van der Waals surface area contributed by atoms with Gasteiger partial charge < -0.3 is 18.8 Å². The van der Waals surface area contributed by atoms with E-state index >= 15 is 0 Å². The van der Waals surface area contributed by atoms with Crippen molar-refractivity contribution in [2.75, 3.05) is 40.9 Å². The Kier molecular flexibility index (Phi) is 8.60. The molecule has 45 heavy (non-hydrogen) atoms. The molecule has 13 heteroatoms. The first-order chi connectivity index (χ1) is 21.2. The van der Waals surface area contributed by atoms with Crippen LogP contribution in [-0.4, -0.2) is 61.1 Å². The van der Waals surface area contributed by atoms with Gasteiger partial charge in [0, 0.05) is 57.7 Å². The molecular formula is C32H38N6O6S. The van der Waals surface area contributed by atoms with Crippen molar-refractivity contribution in [1.82, 2.24) is 14.5 Å². The molecule has 0 atom stereocenters. The van der Waals surface area contributed by atoms with E-state index in [2.05, 4.69) is 14.6 Å². The second-order valence-corrected chi connectivity index (χ2v) is 13.7. The molecule has 5 rings (SSSR count). The van der Waals surface area contributed by atoms with E-state index in [0.717, 1.165) is 11.8 Å². The molecule has 12 nitrogen and oxygen atoms in total. The molecular weight excluding hydrogens is 596 g/mol. The van der Waals surface area contributed by atoms with Gasteiger partial charge in [0.2, 0.25) is 21.8 Å². The highest BCUT2D eigenvalue weighted by atomic mass is 32.2.